The molecular formula is C13H15FN2O4. The molecule has 0 heterocycles. The second kappa shape index (κ2) is 7.22. The van der Waals surface area contributed by atoms with Gasteiger partial charge in [-0.3, -0.25) is 9.59 Å². The number of carbonyl (C=O) groups excluding carboxylic acids is 2. The summed E-state index contributed by atoms with van der Waals surface area (Å²) in [4.78, 5) is 33.2. The van der Waals surface area contributed by atoms with Gasteiger partial charge in [-0.15, -0.1) is 0 Å². The number of hydrogen-bond acceptors (Lipinski definition) is 3. The Balaban J connectivity index is 2.60. The minimum absolute atomic E-state index is 0.103. The average Bonchev–Trinajstić information content (AvgIpc) is 2.36. The Hall–Kier alpha value is -2.44. The molecule has 7 heteroatoms. The lowest BCUT2D eigenvalue weighted by Gasteiger charge is -2.13. The number of nitrogens with one attached hydrogen (secondary N) is 1. The van der Waals surface area contributed by atoms with Crippen LogP contribution in [0.4, 0.5) is 4.39 Å². The fourth-order valence-corrected chi connectivity index (χ4v) is 1.60. The van der Waals surface area contributed by atoms with Crippen molar-refractivity contribution >= 4 is 17.8 Å². The SMILES string of the molecule is NC(=O)CC[C@H](NC(=O)Cc1ccccc1F)C(=O)O. The zero-order valence-electron chi connectivity index (χ0n) is 10.6. The lowest BCUT2D eigenvalue weighted by Crippen LogP contribution is -2.42. The third-order valence-electron chi connectivity index (χ3n) is 2.62. The summed E-state index contributed by atoms with van der Waals surface area (Å²) in [7, 11) is 0. The van der Waals surface area contributed by atoms with Crippen LogP contribution in [-0.4, -0.2) is 28.9 Å². The lowest BCUT2D eigenvalue weighted by atomic mass is 10.1. The molecule has 0 spiro atoms. The van der Waals surface area contributed by atoms with Crippen LogP contribution in [0.3, 0.4) is 0 Å². The molecule has 1 rings (SSSR count). The van der Waals surface area contributed by atoms with Crippen molar-refractivity contribution in [3.63, 3.8) is 0 Å². The van der Waals surface area contributed by atoms with E-state index in [1.807, 2.05) is 0 Å². The maximum Gasteiger partial charge on any atom is 0.326 e. The zero-order chi connectivity index (χ0) is 15.1. The van der Waals surface area contributed by atoms with Crippen LogP contribution in [0, 0.1) is 5.82 Å². The van der Waals surface area contributed by atoms with Crippen molar-refractivity contribution in [2.45, 2.75) is 25.3 Å². The van der Waals surface area contributed by atoms with E-state index in [0.717, 1.165) is 0 Å². The van der Waals surface area contributed by atoms with Gasteiger partial charge >= 0.3 is 5.97 Å². The van der Waals surface area contributed by atoms with Gasteiger partial charge in [0.15, 0.2) is 0 Å². The van der Waals surface area contributed by atoms with Crippen molar-refractivity contribution in [2.75, 3.05) is 0 Å². The van der Waals surface area contributed by atoms with Crippen LogP contribution < -0.4 is 11.1 Å². The third-order valence-corrected chi connectivity index (χ3v) is 2.62. The van der Waals surface area contributed by atoms with E-state index in [0.29, 0.717) is 0 Å². The summed E-state index contributed by atoms with van der Waals surface area (Å²) < 4.78 is 13.3. The molecule has 4 N–H and O–H groups in total. The van der Waals surface area contributed by atoms with Crippen LogP contribution in [0.15, 0.2) is 24.3 Å². The summed E-state index contributed by atoms with van der Waals surface area (Å²) in [6.45, 7) is 0. The molecule has 0 aliphatic carbocycles. The van der Waals surface area contributed by atoms with Gasteiger partial charge in [-0.25, -0.2) is 9.18 Å². The molecule has 1 aromatic carbocycles. The first kappa shape index (κ1) is 15.6. The van der Waals surface area contributed by atoms with Crippen LogP contribution in [0.1, 0.15) is 18.4 Å². The second-order valence-corrected chi connectivity index (χ2v) is 4.23. The van der Waals surface area contributed by atoms with E-state index < -0.39 is 29.6 Å². The van der Waals surface area contributed by atoms with E-state index in [4.69, 9.17) is 10.8 Å². The second-order valence-electron chi connectivity index (χ2n) is 4.23. The molecule has 0 fully saturated rings. The van der Waals surface area contributed by atoms with Gasteiger partial charge in [0, 0.05) is 6.42 Å². The molecule has 0 radical (unpaired) electrons. The molecule has 108 valence electrons. The number of amides is 2. The summed E-state index contributed by atoms with van der Waals surface area (Å²) in [5.41, 5.74) is 5.09. The molecule has 0 aromatic heterocycles. The van der Waals surface area contributed by atoms with E-state index in [1.54, 1.807) is 6.07 Å². The Morgan fingerprint density at radius 2 is 1.95 bits per heavy atom. The van der Waals surface area contributed by atoms with Crippen LogP contribution in [0.5, 0.6) is 0 Å². The molecule has 0 aliphatic rings. The Morgan fingerprint density at radius 3 is 2.50 bits per heavy atom. The van der Waals surface area contributed by atoms with Crippen LogP contribution >= 0.6 is 0 Å². The number of hydrogen-bond donors (Lipinski definition) is 3. The van der Waals surface area contributed by atoms with Gasteiger partial charge in [-0.05, 0) is 18.1 Å². The number of halogens is 1. The molecule has 0 unspecified atom stereocenters. The van der Waals surface area contributed by atoms with Crippen LogP contribution in [0.25, 0.3) is 0 Å². The smallest absolute Gasteiger partial charge is 0.326 e. The number of nitrogens with two attached hydrogens (primary N) is 1. The minimum atomic E-state index is -1.27. The molecule has 0 saturated carbocycles. The highest BCUT2D eigenvalue weighted by molar-refractivity contribution is 5.85. The van der Waals surface area contributed by atoms with Gasteiger partial charge in [-0.1, -0.05) is 18.2 Å². The summed E-state index contributed by atoms with van der Waals surface area (Å²) in [6.07, 6.45) is -0.530. The first-order chi connectivity index (χ1) is 9.40. The van der Waals surface area contributed by atoms with Crippen molar-refractivity contribution in [3.8, 4) is 0 Å². The Kier molecular flexibility index (Phi) is 5.64. The van der Waals surface area contributed by atoms with Crippen LogP contribution in [0.2, 0.25) is 0 Å². The third kappa shape index (κ3) is 5.05. The number of benzene rings is 1. The number of aliphatic carboxylic acids is 1. The minimum Gasteiger partial charge on any atom is -0.480 e. The van der Waals surface area contributed by atoms with Crippen molar-refractivity contribution in [2.24, 2.45) is 5.73 Å². The number of carboxylic acids is 1. The van der Waals surface area contributed by atoms with Gasteiger partial charge in [0.25, 0.3) is 0 Å². The maximum absolute atomic E-state index is 13.3. The number of carbonyl (C=O) groups is 3. The van der Waals surface area contributed by atoms with E-state index in [1.165, 1.54) is 18.2 Å². The fourth-order valence-electron chi connectivity index (χ4n) is 1.60. The molecular weight excluding hydrogens is 267 g/mol. The van der Waals surface area contributed by atoms with Crippen molar-refractivity contribution < 1.29 is 23.9 Å². The number of primary amides is 1. The quantitative estimate of drug-likeness (QED) is 0.663. The van der Waals surface area contributed by atoms with E-state index in [2.05, 4.69) is 5.32 Å². The molecule has 2 amide bonds. The Bertz CT molecular complexity index is 519. The number of carboxylic acid groups (broad SMARTS) is 1. The van der Waals surface area contributed by atoms with Gasteiger partial charge in [0.1, 0.15) is 11.9 Å². The topological polar surface area (TPSA) is 109 Å². The summed E-state index contributed by atoms with van der Waals surface area (Å²) in [5, 5.41) is 11.1. The molecule has 6 nitrogen and oxygen atoms in total. The Morgan fingerprint density at radius 1 is 1.30 bits per heavy atom. The predicted molar refractivity (Wildman–Crippen MR) is 68.1 cm³/mol. The highest BCUT2D eigenvalue weighted by Crippen LogP contribution is 2.07. The highest BCUT2D eigenvalue weighted by Gasteiger charge is 2.20. The van der Waals surface area contributed by atoms with Gasteiger partial charge in [0.2, 0.25) is 11.8 Å². The zero-order valence-corrected chi connectivity index (χ0v) is 10.6. The maximum atomic E-state index is 13.3. The predicted octanol–water partition coefficient (Wildman–Crippen LogP) is 0.203. The average molecular weight is 282 g/mol. The van der Waals surface area contributed by atoms with Crippen LogP contribution in [-0.2, 0) is 20.8 Å². The number of rotatable bonds is 7. The van der Waals surface area contributed by atoms with Gasteiger partial charge in [0.05, 0.1) is 6.42 Å². The normalized spacial score (nSPS) is 11.7. The first-order valence-corrected chi connectivity index (χ1v) is 5.94. The summed E-state index contributed by atoms with van der Waals surface area (Å²) in [5.74, 6) is -3.09. The van der Waals surface area contributed by atoms with Crippen molar-refractivity contribution in [1.29, 1.82) is 0 Å². The van der Waals surface area contributed by atoms with E-state index in [9.17, 15) is 18.8 Å². The molecule has 0 saturated heterocycles. The Labute approximate surface area is 114 Å². The monoisotopic (exact) mass is 282 g/mol. The lowest BCUT2D eigenvalue weighted by molar-refractivity contribution is -0.142. The van der Waals surface area contributed by atoms with Gasteiger partial charge in [-0.2, -0.15) is 0 Å². The molecule has 1 aromatic rings. The van der Waals surface area contributed by atoms with Gasteiger partial charge < -0.3 is 16.2 Å². The van der Waals surface area contributed by atoms with Crippen molar-refractivity contribution in [3.05, 3.63) is 35.6 Å². The summed E-state index contributed by atoms with van der Waals surface area (Å²) in [6, 6.07) is 4.50. The molecule has 0 bridgehead atoms. The first-order valence-electron chi connectivity index (χ1n) is 5.94. The molecule has 1 atom stereocenters. The molecule has 20 heavy (non-hydrogen) atoms. The van der Waals surface area contributed by atoms with Crippen molar-refractivity contribution in [1.82, 2.24) is 5.32 Å². The standard InChI is InChI=1S/C13H15FN2O4/c14-9-4-2-1-3-8(9)7-12(18)16-10(13(19)20)5-6-11(15)17/h1-4,10H,5-7H2,(H2,15,17)(H,16,18)(H,19,20)/t10-/m0/s1. The van der Waals surface area contributed by atoms with E-state index in [-0.39, 0.29) is 24.8 Å². The molecule has 0 aliphatic heterocycles. The highest BCUT2D eigenvalue weighted by atomic mass is 19.1. The fraction of sp³-hybridized carbons (Fsp3) is 0.308. The van der Waals surface area contributed by atoms with E-state index >= 15 is 0 Å². The largest absolute Gasteiger partial charge is 0.480 e. The summed E-state index contributed by atoms with van der Waals surface area (Å²) >= 11 is 0.